The Bertz CT molecular complexity index is 497. The Labute approximate surface area is 82.3 Å². The van der Waals surface area contributed by atoms with Crippen LogP contribution in [0.1, 0.15) is 13.3 Å². The molecule has 0 amide bonds. The Morgan fingerprint density at radius 1 is 1.64 bits per heavy atom. The van der Waals surface area contributed by atoms with Crippen molar-refractivity contribution in [3.05, 3.63) is 39.5 Å². The molecule has 0 aromatic carbocycles. The second-order valence-electron chi connectivity index (χ2n) is 2.93. The molecule has 0 aliphatic rings. The fourth-order valence-electron chi connectivity index (χ4n) is 1.27. The number of nitrogens with one attached hydrogen (secondary N) is 1. The lowest BCUT2D eigenvalue weighted by atomic mass is 10.2. The fraction of sp³-hybridized carbons (Fsp3) is 0.182. The van der Waals surface area contributed by atoms with Crippen molar-refractivity contribution >= 4 is 18.0 Å². The van der Waals surface area contributed by atoms with Gasteiger partial charge < -0.3 is 10.7 Å². The molecule has 0 fully saturated rings. The highest BCUT2D eigenvalue weighted by Gasteiger charge is 1.93. The SMILES string of the molecule is C=C/C=c1/c(=O)cc(N)[nH]/c1=C/CC. The van der Waals surface area contributed by atoms with Gasteiger partial charge in [0.2, 0.25) is 0 Å². The number of pyridine rings is 1. The minimum atomic E-state index is -0.0825. The molecule has 1 aromatic rings. The molecular weight excluding hydrogens is 176 g/mol. The van der Waals surface area contributed by atoms with Gasteiger partial charge in [0.1, 0.15) is 5.82 Å². The predicted molar refractivity (Wildman–Crippen MR) is 60.1 cm³/mol. The van der Waals surface area contributed by atoms with Crippen LogP contribution in [0.15, 0.2) is 23.5 Å². The fourth-order valence-corrected chi connectivity index (χ4v) is 1.27. The number of hydrogen-bond acceptors (Lipinski definition) is 2. The highest BCUT2D eigenvalue weighted by molar-refractivity contribution is 5.40. The van der Waals surface area contributed by atoms with Crippen molar-refractivity contribution < 1.29 is 0 Å². The zero-order valence-electron chi connectivity index (χ0n) is 8.21. The first kappa shape index (κ1) is 10.3. The Kier molecular flexibility index (Phi) is 3.29. The molecule has 0 atom stereocenters. The van der Waals surface area contributed by atoms with Gasteiger partial charge in [0.15, 0.2) is 5.43 Å². The van der Waals surface area contributed by atoms with Gasteiger partial charge in [-0.3, -0.25) is 4.79 Å². The molecule has 1 rings (SSSR count). The molecule has 1 heterocycles. The lowest BCUT2D eigenvalue weighted by molar-refractivity contribution is 1.17. The van der Waals surface area contributed by atoms with Gasteiger partial charge in [0.25, 0.3) is 0 Å². The molecule has 0 saturated heterocycles. The third kappa shape index (κ3) is 2.13. The van der Waals surface area contributed by atoms with Crippen molar-refractivity contribution in [2.45, 2.75) is 13.3 Å². The average molecular weight is 190 g/mol. The lowest BCUT2D eigenvalue weighted by Crippen LogP contribution is -2.40. The minimum Gasteiger partial charge on any atom is -0.385 e. The molecule has 0 saturated carbocycles. The van der Waals surface area contributed by atoms with Gasteiger partial charge in [-0.1, -0.05) is 25.7 Å². The summed E-state index contributed by atoms with van der Waals surface area (Å²) < 4.78 is 0. The maximum Gasteiger partial charge on any atom is 0.191 e. The normalized spacial score (nSPS) is 13.2. The number of H-pyrrole nitrogens is 1. The van der Waals surface area contributed by atoms with Gasteiger partial charge in [-0.25, -0.2) is 0 Å². The van der Waals surface area contributed by atoms with Crippen LogP contribution in [-0.2, 0) is 0 Å². The molecule has 3 nitrogen and oxygen atoms in total. The summed E-state index contributed by atoms with van der Waals surface area (Å²) in [6.45, 7) is 5.57. The molecule has 74 valence electrons. The Hall–Kier alpha value is -1.77. The van der Waals surface area contributed by atoms with Crippen LogP contribution in [-0.4, -0.2) is 4.98 Å². The van der Waals surface area contributed by atoms with E-state index >= 15 is 0 Å². The summed E-state index contributed by atoms with van der Waals surface area (Å²) >= 11 is 0. The smallest absolute Gasteiger partial charge is 0.191 e. The third-order valence-corrected chi connectivity index (χ3v) is 1.81. The summed E-state index contributed by atoms with van der Waals surface area (Å²) in [4.78, 5) is 14.5. The zero-order valence-corrected chi connectivity index (χ0v) is 8.21. The number of rotatable bonds is 2. The topological polar surface area (TPSA) is 58.9 Å². The molecule has 14 heavy (non-hydrogen) atoms. The predicted octanol–water partition coefficient (Wildman–Crippen LogP) is 0.114. The maximum absolute atomic E-state index is 11.5. The Balaban J connectivity index is 3.71. The van der Waals surface area contributed by atoms with E-state index in [0.29, 0.717) is 11.0 Å². The number of aromatic nitrogens is 1. The number of hydrogen-bond donors (Lipinski definition) is 2. The van der Waals surface area contributed by atoms with Crippen molar-refractivity contribution in [3.8, 4) is 0 Å². The van der Waals surface area contributed by atoms with E-state index in [4.69, 9.17) is 5.73 Å². The first-order valence-electron chi connectivity index (χ1n) is 4.50. The lowest BCUT2D eigenvalue weighted by Gasteiger charge is -1.94. The molecule has 3 heteroatoms. The van der Waals surface area contributed by atoms with E-state index in [2.05, 4.69) is 11.6 Å². The number of nitrogens with two attached hydrogens (primary N) is 1. The zero-order chi connectivity index (χ0) is 10.6. The van der Waals surface area contributed by atoms with Crippen molar-refractivity contribution in [1.82, 2.24) is 4.98 Å². The van der Waals surface area contributed by atoms with Gasteiger partial charge in [0, 0.05) is 16.6 Å². The summed E-state index contributed by atoms with van der Waals surface area (Å²) in [6, 6.07) is 1.38. The molecule has 3 N–H and O–H groups in total. The highest BCUT2D eigenvalue weighted by atomic mass is 16.1. The largest absolute Gasteiger partial charge is 0.385 e. The van der Waals surface area contributed by atoms with E-state index in [1.165, 1.54) is 6.07 Å². The van der Waals surface area contributed by atoms with Crippen LogP contribution in [0.4, 0.5) is 5.82 Å². The number of aromatic amines is 1. The molecular formula is C11H14N2O. The van der Waals surface area contributed by atoms with Gasteiger partial charge in [0.05, 0.1) is 0 Å². The highest BCUT2D eigenvalue weighted by Crippen LogP contribution is 1.81. The molecule has 1 aromatic heterocycles. The number of anilines is 1. The minimum absolute atomic E-state index is 0.0825. The van der Waals surface area contributed by atoms with E-state index in [0.717, 1.165) is 11.8 Å². The Morgan fingerprint density at radius 2 is 2.36 bits per heavy atom. The first-order chi connectivity index (χ1) is 6.69. The van der Waals surface area contributed by atoms with Crippen molar-refractivity contribution in [3.63, 3.8) is 0 Å². The molecule has 0 aliphatic carbocycles. The third-order valence-electron chi connectivity index (χ3n) is 1.81. The van der Waals surface area contributed by atoms with Gasteiger partial charge in [-0.05, 0) is 12.5 Å². The van der Waals surface area contributed by atoms with Gasteiger partial charge in [-0.2, -0.15) is 0 Å². The van der Waals surface area contributed by atoms with Crippen LogP contribution in [0, 0.1) is 0 Å². The van der Waals surface area contributed by atoms with E-state index < -0.39 is 0 Å². The van der Waals surface area contributed by atoms with Crippen molar-refractivity contribution in [1.29, 1.82) is 0 Å². The van der Waals surface area contributed by atoms with E-state index in [9.17, 15) is 4.79 Å². The molecule has 0 radical (unpaired) electrons. The monoisotopic (exact) mass is 190 g/mol. The number of nitrogen functional groups attached to an aromatic ring is 1. The summed E-state index contributed by atoms with van der Waals surface area (Å²) in [5, 5.41) is 1.37. The average Bonchev–Trinajstić information content (AvgIpc) is 2.11. The molecule has 0 bridgehead atoms. The van der Waals surface area contributed by atoms with Crippen LogP contribution in [0.3, 0.4) is 0 Å². The van der Waals surface area contributed by atoms with Crippen LogP contribution in [0.2, 0.25) is 0 Å². The summed E-state index contributed by atoms with van der Waals surface area (Å²) in [5.74, 6) is 0.385. The Morgan fingerprint density at radius 3 is 2.93 bits per heavy atom. The van der Waals surface area contributed by atoms with E-state index in [1.54, 1.807) is 12.2 Å². The maximum atomic E-state index is 11.5. The van der Waals surface area contributed by atoms with Crippen molar-refractivity contribution in [2.75, 3.05) is 5.73 Å². The van der Waals surface area contributed by atoms with Crippen molar-refractivity contribution in [2.24, 2.45) is 0 Å². The van der Waals surface area contributed by atoms with Crippen LogP contribution in [0.5, 0.6) is 0 Å². The second kappa shape index (κ2) is 4.46. The van der Waals surface area contributed by atoms with Gasteiger partial charge >= 0.3 is 0 Å². The second-order valence-corrected chi connectivity index (χ2v) is 2.93. The van der Waals surface area contributed by atoms with E-state index in [1.807, 2.05) is 13.0 Å². The molecule has 0 spiro atoms. The van der Waals surface area contributed by atoms with Gasteiger partial charge in [-0.15, -0.1) is 0 Å². The number of allylic oxidation sites excluding steroid dienone is 1. The summed E-state index contributed by atoms with van der Waals surface area (Å²) in [5.41, 5.74) is 5.46. The quantitative estimate of drug-likeness (QED) is 0.695. The van der Waals surface area contributed by atoms with Crippen LogP contribution < -0.4 is 21.7 Å². The van der Waals surface area contributed by atoms with E-state index in [-0.39, 0.29) is 5.43 Å². The summed E-state index contributed by atoms with van der Waals surface area (Å²) in [7, 11) is 0. The first-order valence-corrected chi connectivity index (χ1v) is 4.50. The summed E-state index contributed by atoms with van der Waals surface area (Å²) in [6.07, 6.45) is 6.04. The van der Waals surface area contributed by atoms with Crippen LogP contribution >= 0.6 is 0 Å². The molecule has 0 unspecified atom stereocenters. The van der Waals surface area contributed by atoms with Crippen LogP contribution in [0.25, 0.3) is 12.2 Å². The molecule has 0 aliphatic heterocycles. The standard InChI is InChI=1S/C11H14N2O/c1-3-5-8-9(6-4-2)13-11(12)7-10(8)14/h3,5-7,13H,1,4,12H2,2H3/b8-5+,9-6+.